The van der Waals surface area contributed by atoms with Gasteiger partial charge in [0.2, 0.25) is 0 Å². The molecule has 0 aliphatic rings. The lowest BCUT2D eigenvalue weighted by Crippen LogP contribution is -2.10. The van der Waals surface area contributed by atoms with E-state index in [1.54, 1.807) is 0 Å². The third-order valence-corrected chi connectivity index (χ3v) is 6.59. The number of hydrogen-bond acceptors (Lipinski definition) is 3. The molecule has 2 aromatic carbocycles. The molecule has 0 fully saturated rings. The summed E-state index contributed by atoms with van der Waals surface area (Å²) < 4.78 is 5.98. The zero-order chi connectivity index (χ0) is 26.2. The zero-order valence-electron chi connectivity index (χ0n) is 22.8. The summed E-state index contributed by atoms with van der Waals surface area (Å²) in [6.45, 7) is 26.8. The maximum atomic E-state index is 5.98. The Balaban J connectivity index is 0.000000334. The second-order valence-electron chi connectivity index (χ2n) is 10.0. The SMILES string of the molecule is C=C(/C(N)=C(\C)C(C)C)C(C)C.C=CN.Cc1cc2c(cc1C(C)C(C)C)oc1ccccc12. The van der Waals surface area contributed by atoms with Crippen molar-refractivity contribution in [2.75, 3.05) is 0 Å². The third-order valence-electron chi connectivity index (χ3n) is 6.59. The summed E-state index contributed by atoms with van der Waals surface area (Å²) in [6, 6.07) is 12.8. The van der Waals surface area contributed by atoms with Gasteiger partial charge >= 0.3 is 0 Å². The maximum absolute atomic E-state index is 5.98. The van der Waals surface area contributed by atoms with E-state index in [1.807, 2.05) is 12.1 Å². The number of hydrogen-bond donors (Lipinski definition) is 2. The smallest absolute Gasteiger partial charge is 0.135 e. The minimum absolute atomic E-state index is 0.443. The van der Waals surface area contributed by atoms with Crippen LogP contribution in [-0.2, 0) is 0 Å². The second-order valence-corrected chi connectivity index (χ2v) is 10.0. The van der Waals surface area contributed by atoms with Crippen LogP contribution in [0.3, 0.4) is 0 Å². The van der Waals surface area contributed by atoms with Crippen LogP contribution in [-0.4, -0.2) is 0 Å². The minimum Gasteiger partial charge on any atom is -0.456 e. The Bertz CT molecular complexity index is 1130. The summed E-state index contributed by atoms with van der Waals surface area (Å²) in [5.74, 6) is 2.15. The van der Waals surface area contributed by atoms with E-state index in [2.05, 4.69) is 105 Å². The molecule has 4 N–H and O–H groups in total. The highest BCUT2D eigenvalue weighted by atomic mass is 16.3. The first-order valence-electron chi connectivity index (χ1n) is 12.3. The van der Waals surface area contributed by atoms with Crippen LogP contribution in [0.5, 0.6) is 0 Å². The summed E-state index contributed by atoms with van der Waals surface area (Å²) in [4.78, 5) is 0. The standard InChI is InChI=1S/C18H20O.C11H21N.C2H5N/c1-11(2)13(4)15-10-18-16(9-12(15)3)14-7-5-6-8-17(14)19-18;1-7(2)9(5)11(12)10(6)8(3)4;1-2-3/h5-11,13H,1-4H3;7-8H,5,12H2,1-4,6H3;2H,1,3H2/b;11-10-;. The molecule has 3 aromatic rings. The van der Waals surface area contributed by atoms with Crippen molar-refractivity contribution in [3.63, 3.8) is 0 Å². The van der Waals surface area contributed by atoms with E-state index in [4.69, 9.17) is 10.2 Å². The molecule has 0 aliphatic carbocycles. The predicted molar refractivity (Wildman–Crippen MR) is 152 cm³/mol. The predicted octanol–water partition coefficient (Wildman–Crippen LogP) is 8.83. The number of fused-ring (bicyclic) bond motifs is 3. The normalized spacial score (nSPS) is 12.7. The molecule has 0 spiro atoms. The average Bonchev–Trinajstić information content (AvgIpc) is 3.14. The Morgan fingerprint density at radius 1 is 0.912 bits per heavy atom. The van der Waals surface area contributed by atoms with Gasteiger partial charge < -0.3 is 15.9 Å². The van der Waals surface area contributed by atoms with Crippen LogP contribution < -0.4 is 11.5 Å². The molecule has 0 saturated carbocycles. The van der Waals surface area contributed by atoms with Crippen LogP contribution >= 0.6 is 0 Å². The number of benzene rings is 2. The average molecular weight is 463 g/mol. The summed E-state index contributed by atoms with van der Waals surface area (Å²) in [7, 11) is 0. The highest BCUT2D eigenvalue weighted by Crippen LogP contribution is 2.34. The van der Waals surface area contributed by atoms with Crippen molar-refractivity contribution in [2.45, 2.75) is 68.2 Å². The quantitative estimate of drug-likeness (QED) is 0.372. The molecular formula is C31H46N2O. The molecular weight excluding hydrogens is 416 g/mol. The van der Waals surface area contributed by atoms with Gasteiger partial charge in [0.05, 0.1) is 0 Å². The maximum Gasteiger partial charge on any atom is 0.135 e. The van der Waals surface area contributed by atoms with Gasteiger partial charge in [-0.05, 0) is 84.2 Å². The number of rotatable bonds is 5. The van der Waals surface area contributed by atoms with Crippen LogP contribution in [0.25, 0.3) is 21.9 Å². The summed E-state index contributed by atoms with van der Waals surface area (Å²) in [5.41, 5.74) is 18.5. The Labute approximate surface area is 207 Å². The fourth-order valence-electron chi connectivity index (χ4n) is 3.62. The highest BCUT2D eigenvalue weighted by molar-refractivity contribution is 6.05. The first-order chi connectivity index (χ1) is 15.9. The van der Waals surface area contributed by atoms with E-state index >= 15 is 0 Å². The van der Waals surface area contributed by atoms with Gasteiger partial charge in [-0.3, -0.25) is 0 Å². The van der Waals surface area contributed by atoms with Crippen LogP contribution in [0, 0.1) is 24.7 Å². The van der Waals surface area contributed by atoms with Crippen molar-refractivity contribution in [2.24, 2.45) is 29.2 Å². The van der Waals surface area contributed by atoms with Gasteiger partial charge in [-0.15, -0.1) is 0 Å². The van der Waals surface area contributed by atoms with Crippen molar-refractivity contribution in [1.29, 1.82) is 0 Å². The molecule has 34 heavy (non-hydrogen) atoms. The van der Waals surface area contributed by atoms with Gasteiger partial charge in [0.25, 0.3) is 0 Å². The number of allylic oxidation sites excluding steroid dienone is 2. The van der Waals surface area contributed by atoms with Crippen LogP contribution in [0.4, 0.5) is 0 Å². The third kappa shape index (κ3) is 7.28. The number of furan rings is 1. The van der Waals surface area contributed by atoms with Gasteiger partial charge in [0, 0.05) is 16.5 Å². The van der Waals surface area contributed by atoms with Crippen LogP contribution in [0.1, 0.15) is 72.4 Å². The van der Waals surface area contributed by atoms with Gasteiger partial charge in [0.15, 0.2) is 0 Å². The van der Waals surface area contributed by atoms with E-state index in [-0.39, 0.29) is 0 Å². The van der Waals surface area contributed by atoms with Gasteiger partial charge in [-0.2, -0.15) is 0 Å². The lowest BCUT2D eigenvalue weighted by atomic mass is 9.87. The summed E-state index contributed by atoms with van der Waals surface area (Å²) in [6.07, 6.45) is 1.25. The Morgan fingerprint density at radius 2 is 1.47 bits per heavy atom. The molecule has 3 heteroatoms. The zero-order valence-corrected chi connectivity index (χ0v) is 22.8. The van der Waals surface area contributed by atoms with E-state index < -0.39 is 0 Å². The molecule has 1 aromatic heterocycles. The summed E-state index contributed by atoms with van der Waals surface area (Å²) >= 11 is 0. The number of para-hydroxylation sites is 1. The molecule has 3 rings (SSSR count). The minimum atomic E-state index is 0.443. The highest BCUT2D eigenvalue weighted by Gasteiger charge is 2.16. The monoisotopic (exact) mass is 462 g/mol. The summed E-state index contributed by atoms with van der Waals surface area (Å²) in [5, 5.41) is 2.44. The molecule has 0 radical (unpaired) electrons. The van der Waals surface area contributed by atoms with Crippen LogP contribution in [0.15, 0.2) is 77.0 Å². The van der Waals surface area contributed by atoms with Crippen molar-refractivity contribution in [3.05, 3.63) is 83.7 Å². The molecule has 0 aliphatic heterocycles. The molecule has 3 nitrogen and oxygen atoms in total. The van der Waals surface area contributed by atoms with E-state index in [1.165, 1.54) is 33.7 Å². The van der Waals surface area contributed by atoms with E-state index in [0.717, 1.165) is 22.4 Å². The molecule has 1 heterocycles. The van der Waals surface area contributed by atoms with Crippen LogP contribution in [0.2, 0.25) is 0 Å². The fraction of sp³-hybridized carbons (Fsp3) is 0.419. The number of nitrogens with two attached hydrogens (primary N) is 2. The fourth-order valence-corrected chi connectivity index (χ4v) is 3.62. The molecule has 0 saturated heterocycles. The van der Waals surface area contributed by atoms with Gasteiger partial charge in [-0.1, -0.05) is 79.8 Å². The van der Waals surface area contributed by atoms with Crippen molar-refractivity contribution < 1.29 is 4.42 Å². The van der Waals surface area contributed by atoms with Crippen molar-refractivity contribution in [3.8, 4) is 0 Å². The van der Waals surface area contributed by atoms with E-state index in [0.29, 0.717) is 23.7 Å². The Hall–Kier alpha value is -2.94. The van der Waals surface area contributed by atoms with E-state index in [9.17, 15) is 0 Å². The molecule has 0 amide bonds. The lowest BCUT2D eigenvalue weighted by Gasteiger charge is -2.18. The first-order valence-corrected chi connectivity index (χ1v) is 12.3. The Morgan fingerprint density at radius 3 is 1.97 bits per heavy atom. The van der Waals surface area contributed by atoms with Crippen molar-refractivity contribution in [1.82, 2.24) is 0 Å². The molecule has 1 atom stereocenters. The molecule has 1 unspecified atom stereocenters. The lowest BCUT2D eigenvalue weighted by molar-refractivity contribution is 0.532. The molecule has 186 valence electrons. The second kappa shape index (κ2) is 13.1. The first kappa shape index (κ1) is 29.1. The molecule has 0 bridgehead atoms. The number of aryl methyl sites for hydroxylation is 1. The van der Waals surface area contributed by atoms with Gasteiger partial charge in [-0.25, -0.2) is 0 Å². The topological polar surface area (TPSA) is 65.2 Å². The van der Waals surface area contributed by atoms with Gasteiger partial charge in [0.1, 0.15) is 11.2 Å². The Kier molecular flexibility index (Phi) is 11.2. The van der Waals surface area contributed by atoms with Crippen molar-refractivity contribution >= 4 is 21.9 Å². The largest absolute Gasteiger partial charge is 0.456 e.